The van der Waals surface area contributed by atoms with Crippen molar-refractivity contribution in [2.75, 3.05) is 24.5 Å². The number of hydrogen-bond donors (Lipinski definition) is 2. The van der Waals surface area contributed by atoms with E-state index < -0.39 is 0 Å². The molecular formula is C15H20ClN5. The van der Waals surface area contributed by atoms with Crippen LogP contribution in [0, 0.1) is 12.8 Å². The quantitative estimate of drug-likeness (QED) is 0.914. The van der Waals surface area contributed by atoms with E-state index in [0.717, 1.165) is 60.4 Å². The Balaban J connectivity index is 1.76. The van der Waals surface area contributed by atoms with Crippen molar-refractivity contribution in [2.45, 2.75) is 19.8 Å². The van der Waals surface area contributed by atoms with Gasteiger partial charge in [0.2, 0.25) is 5.95 Å². The number of nitrogens with one attached hydrogen (secondary N) is 1. The first-order valence-electron chi connectivity index (χ1n) is 7.31. The zero-order valence-corrected chi connectivity index (χ0v) is 12.9. The summed E-state index contributed by atoms with van der Waals surface area (Å²) in [6, 6.07) is 5.92. The smallest absolute Gasteiger partial charge is 0.245 e. The van der Waals surface area contributed by atoms with E-state index in [4.69, 9.17) is 17.3 Å². The molecule has 1 aliphatic rings. The molecule has 1 saturated heterocycles. The molecule has 0 aliphatic carbocycles. The SMILES string of the molecule is Cc1ccc(-c2nc(N3CCC(CN)CC3)n[nH]2)cc1Cl. The largest absolute Gasteiger partial charge is 0.340 e. The third-order valence-electron chi connectivity index (χ3n) is 4.15. The van der Waals surface area contributed by atoms with Gasteiger partial charge in [0.15, 0.2) is 5.82 Å². The molecule has 1 aliphatic heterocycles. The predicted molar refractivity (Wildman–Crippen MR) is 85.6 cm³/mol. The van der Waals surface area contributed by atoms with Crippen LogP contribution in [0.25, 0.3) is 11.4 Å². The van der Waals surface area contributed by atoms with Crippen LogP contribution in [-0.2, 0) is 0 Å². The first-order chi connectivity index (χ1) is 10.2. The molecule has 0 atom stereocenters. The van der Waals surface area contributed by atoms with Crippen LogP contribution >= 0.6 is 11.6 Å². The first-order valence-corrected chi connectivity index (χ1v) is 7.69. The summed E-state index contributed by atoms with van der Waals surface area (Å²) in [5.41, 5.74) is 7.74. The Kier molecular flexibility index (Phi) is 4.12. The van der Waals surface area contributed by atoms with Crippen molar-refractivity contribution in [3.05, 3.63) is 28.8 Å². The Morgan fingerprint density at radius 1 is 1.38 bits per heavy atom. The van der Waals surface area contributed by atoms with Crippen molar-refractivity contribution in [3.8, 4) is 11.4 Å². The highest BCUT2D eigenvalue weighted by Crippen LogP contribution is 2.25. The number of rotatable bonds is 3. The minimum absolute atomic E-state index is 0.635. The predicted octanol–water partition coefficient (Wildman–Crippen LogP) is 2.61. The van der Waals surface area contributed by atoms with E-state index >= 15 is 0 Å². The molecule has 2 aromatic rings. The number of aromatic nitrogens is 3. The Hall–Kier alpha value is -1.59. The van der Waals surface area contributed by atoms with Crippen LogP contribution in [0.2, 0.25) is 5.02 Å². The second kappa shape index (κ2) is 6.03. The molecule has 1 aromatic carbocycles. The van der Waals surface area contributed by atoms with Crippen molar-refractivity contribution >= 4 is 17.5 Å². The number of nitrogens with two attached hydrogens (primary N) is 1. The highest BCUT2D eigenvalue weighted by Gasteiger charge is 2.21. The number of aromatic amines is 1. The molecule has 3 N–H and O–H groups in total. The molecule has 2 heterocycles. The van der Waals surface area contributed by atoms with Gasteiger partial charge in [-0.25, -0.2) is 0 Å². The van der Waals surface area contributed by atoms with Crippen LogP contribution in [0.4, 0.5) is 5.95 Å². The third-order valence-corrected chi connectivity index (χ3v) is 4.56. The van der Waals surface area contributed by atoms with E-state index in [9.17, 15) is 0 Å². The molecule has 3 rings (SSSR count). The van der Waals surface area contributed by atoms with Crippen molar-refractivity contribution in [2.24, 2.45) is 11.7 Å². The third kappa shape index (κ3) is 3.04. The van der Waals surface area contributed by atoms with Crippen LogP contribution in [0.1, 0.15) is 18.4 Å². The zero-order chi connectivity index (χ0) is 14.8. The minimum Gasteiger partial charge on any atom is -0.340 e. The van der Waals surface area contributed by atoms with E-state index in [1.807, 2.05) is 25.1 Å². The normalized spacial score (nSPS) is 16.4. The van der Waals surface area contributed by atoms with Crippen LogP contribution in [0.3, 0.4) is 0 Å². The second-order valence-electron chi connectivity index (χ2n) is 5.61. The highest BCUT2D eigenvalue weighted by molar-refractivity contribution is 6.31. The van der Waals surface area contributed by atoms with E-state index in [2.05, 4.69) is 20.1 Å². The number of piperidine rings is 1. The molecule has 0 radical (unpaired) electrons. The van der Waals surface area contributed by atoms with E-state index in [-0.39, 0.29) is 0 Å². The molecule has 0 amide bonds. The van der Waals surface area contributed by atoms with Crippen molar-refractivity contribution < 1.29 is 0 Å². The van der Waals surface area contributed by atoms with Gasteiger partial charge >= 0.3 is 0 Å². The summed E-state index contributed by atoms with van der Waals surface area (Å²) in [4.78, 5) is 6.81. The van der Waals surface area contributed by atoms with Gasteiger partial charge in [-0.15, -0.1) is 5.10 Å². The molecule has 0 spiro atoms. The van der Waals surface area contributed by atoms with E-state index in [1.54, 1.807) is 0 Å². The van der Waals surface area contributed by atoms with Crippen LogP contribution in [0.5, 0.6) is 0 Å². The van der Waals surface area contributed by atoms with E-state index in [0.29, 0.717) is 5.92 Å². The van der Waals surface area contributed by atoms with Gasteiger partial charge in [-0.3, -0.25) is 5.10 Å². The fourth-order valence-corrected chi connectivity index (χ4v) is 2.81. The second-order valence-corrected chi connectivity index (χ2v) is 6.02. The zero-order valence-electron chi connectivity index (χ0n) is 12.1. The lowest BCUT2D eigenvalue weighted by Gasteiger charge is -2.30. The van der Waals surface area contributed by atoms with Gasteiger partial charge in [0.25, 0.3) is 0 Å². The lowest BCUT2D eigenvalue weighted by molar-refractivity contribution is 0.411. The van der Waals surface area contributed by atoms with Gasteiger partial charge in [-0.2, -0.15) is 4.98 Å². The molecule has 5 nitrogen and oxygen atoms in total. The summed E-state index contributed by atoms with van der Waals surface area (Å²) in [6.45, 7) is 4.69. The lowest BCUT2D eigenvalue weighted by atomic mass is 9.97. The molecule has 6 heteroatoms. The minimum atomic E-state index is 0.635. The number of hydrogen-bond acceptors (Lipinski definition) is 4. The number of benzene rings is 1. The molecule has 0 unspecified atom stereocenters. The maximum Gasteiger partial charge on any atom is 0.245 e. The van der Waals surface area contributed by atoms with Crippen LogP contribution in [-0.4, -0.2) is 34.8 Å². The van der Waals surface area contributed by atoms with E-state index in [1.165, 1.54) is 0 Å². The number of H-pyrrole nitrogens is 1. The number of halogens is 1. The van der Waals surface area contributed by atoms with Gasteiger partial charge in [-0.1, -0.05) is 23.7 Å². The highest BCUT2D eigenvalue weighted by atomic mass is 35.5. The topological polar surface area (TPSA) is 70.8 Å². The fraction of sp³-hybridized carbons (Fsp3) is 0.467. The fourth-order valence-electron chi connectivity index (χ4n) is 2.63. The molecular weight excluding hydrogens is 286 g/mol. The molecule has 1 aromatic heterocycles. The number of nitrogens with zero attached hydrogens (tertiary/aromatic N) is 3. The summed E-state index contributed by atoms with van der Waals surface area (Å²) in [5, 5.41) is 8.08. The Bertz CT molecular complexity index is 616. The monoisotopic (exact) mass is 305 g/mol. The van der Waals surface area contributed by atoms with Gasteiger partial charge in [0.05, 0.1) is 0 Å². The summed E-state index contributed by atoms with van der Waals surface area (Å²) in [7, 11) is 0. The van der Waals surface area contributed by atoms with Crippen LogP contribution in [0.15, 0.2) is 18.2 Å². The lowest BCUT2D eigenvalue weighted by Crippen LogP contribution is -2.36. The standard InChI is InChI=1S/C15H20ClN5/c1-10-2-3-12(8-13(10)16)14-18-15(20-19-14)21-6-4-11(9-17)5-7-21/h2-3,8,11H,4-7,9,17H2,1H3,(H,18,19,20). The van der Waals surface area contributed by atoms with Crippen molar-refractivity contribution in [1.82, 2.24) is 15.2 Å². The van der Waals surface area contributed by atoms with Crippen LogP contribution < -0.4 is 10.6 Å². The summed E-state index contributed by atoms with van der Waals surface area (Å²) in [5.74, 6) is 2.15. The maximum absolute atomic E-state index is 6.17. The average molecular weight is 306 g/mol. The van der Waals surface area contributed by atoms with Gasteiger partial charge < -0.3 is 10.6 Å². The van der Waals surface area contributed by atoms with Crippen molar-refractivity contribution in [3.63, 3.8) is 0 Å². The summed E-state index contributed by atoms with van der Waals surface area (Å²) >= 11 is 6.17. The first kappa shape index (κ1) is 14.4. The molecule has 21 heavy (non-hydrogen) atoms. The average Bonchev–Trinajstić information content (AvgIpc) is 3.00. The molecule has 112 valence electrons. The molecule has 0 bridgehead atoms. The van der Waals surface area contributed by atoms with Gasteiger partial charge in [0, 0.05) is 23.7 Å². The summed E-state index contributed by atoms with van der Waals surface area (Å²) in [6.07, 6.45) is 2.22. The number of anilines is 1. The van der Waals surface area contributed by atoms with Gasteiger partial charge in [-0.05, 0) is 43.9 Å². The Labute approximate surface area is 129 Å². The van der Waals surface area contributed by atoms with Crippen molar-refractivity contribution in [1.29, 1.82) is 0 Å². The van der Waals surface area contributed by atoms with Gasteiger partial charge in [0.1, 0.15) is 0 Å². The Morgan fingerprint density at radius 3 is 2.81 bits per heavy atom. The maximum atomic E-state index is 6.17. The Morgan fingerprint density at radius 2 is 2.14 bits per heavy atom. The summed E-state index contributed by atoms with van der Waals surface area (Å²) < 4.78 is 0. The number of aryl methyl sites for hydroxylation is 1. The molecule has 1 fully saturated rings. The molecule has 0 saturated carbocycles.